The van der Waals surface area contributed by atoms with Gasteiger partial charge in [0, 0.05) is 11.6 Å². The van der Waals surface area contributed by atoms with Gasteiger partial charge in [-0.15, -0.1) is 0 Å². The third-order valence-electron chi connectivity index (χ3n) is 3.09. The molecule has 1 atom stereocenters. The number of nitrogen functional groups attached to an aromatic ring is 1. The van der Waals surface area contributed by atoms with Crippen molar-refractivity contribution in [2.24, 2.45) is 0 Å². The van der Waals surface area contributed by atoms with E-state index >= 15 is 0 Å². The Kier molecular flexibility index (Phi) is 2.86. The number of aryl methyl sites for hydroxylation is 1. The van der Waals surface area contributed by atoms with E-state index in [0.717, 1.165) is 35.7 Å². The summed E-state index contributed by atoms with van der Waals surface area (Å²) in [4.78, 5) is 4.63. The molecule has 0 bridgehead atoms. The van der Waals surface area contributed by atoms with E-state index < -0.39 is 0 Å². The molecule has 1 unspecified atom stereocenters. The van der Waals surface area contributed by atoms with Crippen molar-refractivity contribution >= 4 is 11.5 Å². The maximum atomic E-state index is 6.17. The first-order chi connectivity index (χ1) is 7.65. The molecular formula is C13H19N3. The second kappa shape index (κ2) is 4.16. The quantitative estimate of drug-likeness (QED) is 0.858. The Hall–Kier alpha value is -1.51. The Balaban J connectivity index is 2.56. The maximum absolute atomic E-state index is 6.17. The lowest BCUT2D eigenvalue weighted by molar-refractivity contribution is 0.653. The lowest BCUT2D eigenvalue weighted by atomic mass is 10.0. The number of anilines is 1. The Morgan fingerprint density at radius 3 is 2.81 bits per heavy atom. The molecule has 3 heteroatoms. The Morgan fingerprint density at radius 2 is 2.19 bits per heavy atom. The highest BCUT2D eigenvalue weighted by molar-refractivity contribution is 5.54. The molecule has 0 fully saturated rings. The SMILES string of the molecule is CCCC(C)c1nc2cccc(C)n2c1N. The fraction of sp³-hybridized carbons (Fsp3) is 0.462. The van der Waals surface area contributed by atoms with Crippen molar-refractivity contribution in [1.82, 2.24) is 9.38 Å². The average Bonchev–Trinajstić information content (AvgIpc) is 2.58. The van der Waals surface area contributed by atoms with Crippen LogP contribution in [-0.2, 0) is 0 Å². The number of hydrogen-bond donors (Lipinski definition) is 1. The largest absolute Gasteiger partial charge is 0.383 e. The topological polar surface area (TPSA) is 43.3 Å². The van der Waals surface area contributed by atoms with E-state index in [0.29, 0.717) is 5.92 Å². The number of nitrogens with zero attached hydrogens (tertiary/aromatic N) is 2. The van der Waals surface area contributed by atoms with Gasteiger partial charge in [0.15, 0.2) is 0 Å². The predicted molar refractivity (Wildman–Crippen MR) is 67.7 cm³/mol. The van der Waals surface area contributed by atoms with Crippen LogP contribution in [0.2, 0.25) is 0 Å². The van der Waals surface area contributed by atoms with Gasteiger partial charge in [0.25, 0.3) is 0 Å². The van der Waals surface area contributed by atoms with Gasteiger partial charge < -0.3 is 5.73 Å². The van der Waals surface area contributed by atoms with E-state index in [-0.39, 0.29) is 0 Å². The highest BCUT2D eigenvalue weighted by Gasteiger charge is 2.15. The summed E-state index contributed by atoms with van der Waals surface area (Å²) in [7, 11) is 0. The van der Waals surface area contributed by atoms with Crippen LogP contribution in [-0.4, -0.2) is 9.38 Å². The molecule has 0 radical (unpaired) electrons. The molecule has 2 heterocycles. The molecule has 0 amide bonds. The van der Waals surface area contributed by atoms with Gasteiger partial charge in [-0.1, -0.05) is 26.3 Å². The summed E-state index contributed by atoms with van der Waals surface area (Å²) < 4.78 is 2.03. The molecule has 86 valence electrons. The molecular weight excluding hydrogens is 198 g/mol. The van der Waals surface area contributed by atoms with Crippen LogP contribution in [0.3, 0.4) is 0 Å². The smallest absolute Gasteiger partial charge is 0.138 e. The minimum atomic E-state index is 0.435. The summed E-state index contributed by atoms with van der Waals surface area (Å²) in [5, 5.41) is 0. The molecule has 2 N–H and O–H groups in total. The van der Waals surface area contributed by atoms with Crippen LogP contribution in [0.25, 0.3) is 5.65 Å². The second-order valence-electron chi connectivity index (χ2n) is 4.43. The number of hydrogen-bond acceptors (Lipinski definition) is 2. The van der Waals surface area contributed by atoms with Gasteiger partial charge >= 0.3 is 0 Å². The zero-order valence-electron chi connectivity index (χ0n) is 10.2. The zero-order chi connectivity index (χ0) is 11.7. The van der Waals surface area contributed by atoms with Crippen molar-refractivity contribution in [2.75, 3.05) is 5.73 Å². The summed E-state index contributed by atoms with van der Waals surface area (Å²) in [6.45, 7) is 6.43. The highest BCUT2D eigenvalue weighted by Crippen LogP contribution is 2.27. The molecule has 0 spiro atoms. The Labute approximate surface area is 96.3 Å². The summed E-state index contributed by atoms with van der Waals surface area (Å²) in [5.41, 5.74) is 9.30. The number of imidazole rings is 1. The molecule has 3 nitrogen and oxygen atoms in total. The lowest BCUT2D eigenvalue weighted by Crippen LogP contribution is -2.01. The summed E-state index contributed by atoms with van der Waals surface area (Å²) in [6, 6.07) is 6.08. The van der Waals surface area contributed by atoms with E-state index in [2.05, 4.69) is 31.8 Å². The van der Waals surface area contributed by atoms with E-state index in [9.17, 15) is 0 Å². The van der Waals surface area contributed by atoms with Gasteiger partial charge in [0.05, 0.1) is 5.69 Å². The molecule has 16 heavy (non-hydrogen) atoms. The Morgan fingerprint density at radius 1 is 1.44 bits per heavy atom. The van der Waals surface area contributed by atoms with Gasteiger partial charge in [0.2, 0.25) is 0 Å². The average molecular weight is 217 g/mol. The number of fused-ring (bicyclic) bond motifs is 1. The van der Waals surface area contributed by atoms with Crippen LogP contribution in [0.1, 0.15) is 44.0 Å². The standard InChI is InChI=1S/C13H19N3/c1-4-6-9(2)12-13(14)16-10(3)7-5-8-11(16)15-12/h5,7-9H,4,6,14H2,1-3H3. The van der Waals surface area contributed by atoms with Crippen LogP contribution in [0.5, 0.6) is 0 Å². The molecule has 0 aliphatic heterocycles. The Bertz CT molecular complexity index is 499. The molecule has 0 saturated heterocycles. The van der Waals surface area contributed by atoms with Crippen molar-refractivity contribution in [3.05, 3.63) is 29.6 Å². The zero-order valence-corrected chi connectivity index (χ0v) is 10.2. The molecule has 2 rings (SSSR count). The van der Waals surface area contributed by atoms with Gasteiger partial charge in [-0.3, -0.25) is 4.40 Å². The van der Waals surface area contributed by atoms with E-state index in [1.54, 1.807) is 0 Å². The molecule has 2 aromatic rings. The molecule has 0 aliphatic rings. The third kappa shape index (κ3) is 1.66. The van der Waals surface area contributed by atoms with E-state index in [1.807, 2.05) is 16.5 Å². The van der Waals surface area contributed by atoms with Crippen LogP contribution >= 0.6 is 0 Å². The summed E-state index contributed by atoms with van der Waals surface area (Å²) >= 11 is 0. The first kappa shape index (κ1) is 11.0. The van der Waals surface area contributed by atoms with Gasteiger partial charge in [0.1, 0.15) is 11.5 Å². The minimum Gasteiger partial charge on any atom is -0.383 e. The minimum absolute atomic E-state index is 0.435. The number of pyridine rings is 1. The van der Waals surface area contributed by atoms with Crippen LogP contribution < -0.4 is 5.73 Å². The highest BCUT2D eigenvalue weighted by atomic mass is 15.1. The van der Waals surface area contributed by atoms with Crippen molar-refractivity contribution in [3.63, 3.8) is 0 Å². The van der Waals surface area contributed by atoms with Crippen molar-refractivity contribution < 1.29 is 0 Å². The van der Waals surface area contributed by atoms with Gasteiger partial charge in [-0.05, 0) is 25.5 Å². The van der Waals surface area contributed by atoms with Gasteiger partial charge in [-0.2, -0.15) is 0 Å². The first-order valence-corrected chi connectivity index (χ1v) is 5.88. The van der Waals surface area contributed by atoms with Crippen LogP contribution in [0.4, 0.5) is 5.82 Å². The monoisotopic (exact) mass is 217 g/mol. The molecule has 0 saturated carbocycles. The predicted octanol–water partition coefficient (Wildman–Crippen LogP) is 3.13. The second-order valence-corrected chi connectivity index (χ2v) is 4.43. The van der Waals surface area contributed by atoms with Crippen LogP contribution in [0, 0.1) is 6.92 Å². The van der Waals surface area contributed by atoms with E-state index in [1.165, 1.54) is 0 Å². The summed E-state index contributed by atoms with van der Waals surface area (Å²) in [5.74, 6) is 1.23. The lowest BCUT2D eigenvalue weighted by Gasteiger charge is -2.07. The fourth-order valence-corrected chi connectivity index (χ4v) is 2.23. The number of rotatable bonds is 3. The van der Waals surface area contributed by atoms with Crippen molar-refractivity contribution in [1.29, 1.82) is 0 Å². The van der Waals surface area contributed by atoms with E-state index in [4.69, 9.17) is 5.73 Å². The number of nitrogens with two attached hydrogens (primary N) is 1. The molecule has 2 aromatic heterocycles. The van der Waals surface area contributed by atoms with Crippen molar-refractivity contribution in [2.45, 2.75) is 39.5 Å². The first-order valence-electron chi connectivity index (χ1n) is 5.88. The maximum Gasteiger partial charge on any atom is 0.138 e. The normalized spacial score (nSPS) is 13.2. The van der Waals surface area contributed by atoms with Gasteiger partial charge in [-0.25, -0.2) is 4.98 Å². The summed E-state index contributed by atoms with van der Waals surface area (Å²) in [6.07, 6.45) is 2.29. The molecule has 0 aromatic carbocycles. The number of aromatic nitrogens is 2. The molecule has 0 aliphatic carbocycles. The third-order valence-corrected chi connectivity index (χ3v) is 3.09. The fourth-order valence-electron chi connectivity index (χ4n) is 2.23. The van der Waals surface area contributed by atoms with Crippen molar-refractivity contribution in [3.8, 4) is 0 Å². The van der Waals surface area contributed by atoms with Crippen LogP contribution in [0.15, 0.2) is 18.2 Å².